The molecule has 0 radical (unpaired) electrons. The fourth-order valence-corrected chi connectivity index (χ4v) is 2.24. The Kier molecular flexibility index (Phi) is 6.69. The number of benzene rings is 1. The number of hydrogen-bond acceptors (Lipinski definition) is 4. The molecule has 0 amide bonds. The van der Waals surface area contributed by atoms with Crippen LogP contribution in [0.4, 0.5) is 0 Å². The molecule has 21 heavy (non-hydrogen) atoms. The Morgan fingerprint density at radius 1 is 1.38 bits per heavy atom. The third kappa shape index (κ3) is 5.76. The van der Waals surface area contributed by atoms with E-state index in [4.69, 9.17) is 9.47 Å². The minimum atomic E-state index is -0.728. The predicted molar refractivity (Wildman–Crippen MR) is 84.6 cm³/mol. The van der Waals surface area contributed by atoms with Crippen molar-refractivity contribution in [3.63, 3.8) is 0 Å². The molecule has 1 rings (SSSR count). The summed E-state index contributed by atoms with van der Waals surface area (Å²) in [5, 5.41) is 3.28. The molecule has 1 aromatic rings. The van der Waals surface area contributed by atoms with Gasteiger partial charge in [-0.05, 0) is 52.3 Å². The summed E-state index contributed by atoms with van der Waals surface area (Å²) in [6, 6.07) is 8.08. The van der Waals surface area contributed by atoms with Crippen molar-refractivity contribution in [2.45, 2.75) is 52.6 Å². The number of rotatable bonds is 8. The van der Waals surface area contributed by atoms with Crippen LogP contribution in [0.1, 0.15) is 39.7 Å². The smallest absolute Gasteiger partial charge is 0.326 e. The van der Waals surface area contributed by atoms with Gasteiger partial charge in [-0.2, -0.15) is 0 Å². The minimum Gasteiger partial charge on any atom is -0.493 e. The zero-order valence-electron chi connectivity index (χ0n) is 13.7. The average molecular weight is 293 g/mol. The van der Waals surface area contributed by atoms with Crippen molar-refractivity contribution in [2.75, 3.05) is 13.2 Å². The van der Waals surface area contributed by atoms with Gasteiger partial charge in [0.2, 0.25) is 0 Å². The molecule has 1 atom stereocenters. The highest BCUT2D eigenvalue weighted by Gasteiger charge is 2.35. The molecular formula is C17H27NO3. The Morgan fingerprint density at radius 3 is 2.67 bits per heavy atom. The summed E-state index contributed by atoms with van der Waals surface area (Å²) in [6.45, 7) is 10.6. The van der Waals surface area contributed by atoms with Crippen LogP contribution < -0.4 is 10.1 Å². The van der Waals surface area contributed by atoms with E-state index in [-0.39, 0.29) is 12.0 Å². The van der Waals surface area contributed by atoms with Gasteiger partial charge in [-0.15, -0.1) is 0 Å². The summed E-state index contributed by atoms with van der Waals surface area (Å²) in [4.78, 5) is 12.2. The summed E-state index contributed by atoms with van der Waals surface area (Å²) < 4.78 is 10.9. The van der Waals surface area contributed by atoms with Crippen LogP contribution in [0, 0.1) is 6.92 Å². The maximum atomic E-state index is 12.2. The van der Waals surface area contributed by atoms with Crippen LogP contribution in [0.3, 0.4) is 0 Å². The first kappa shape index (κ1) is 17.5. The molecule has 0 saturated carbocycles. The van der Waals surface area contributed by atoms with Gasteiger partial charge in [0.05, 0.1) is 13.2 Å². The quantitative estimate of drug-likeness (QED) is 0.748. The second-order valence-corrected chi connectivity index (χ2v) is 5.77. The Hall–Kier alpha value is -1.55. The van der Waals surface area contributed by atoms with Crippen molar-refractivity contribution < 1.29 is 14.3 Å². The third-order valence-electron chi connectivity index (χ3n) is 3.19. The fourth-order valence-electron chi connectivity index (χ4n) is 2.24. The van der Waals surface area contributed by atoms with E-state index < -0.39 is 5.54 Å². The maximum Gasteiger partial charge on any atom is 0.326 e. The summed E-state index contributed by atoms with van der Waals surface area (Å²) >= 11 is 0. The van der Waals surface area contributed by atoms with E-state index in [0.717, 1.165) is 11.3 Å². The van der Waals surface area contributed by atoms with E-state index in [2.05, 4.69) is 5.32 Å². The Balaban J connectivity index is 2.62. The average Bonchev–Trinajstić information content (AvgIpc) is 2.38. The van der Waals surface area contributed by atoms with Crippen LogP contribution >= 0.6 is 0 Å². The normalized spacial score (nSPS) is 13.8. The molecule has 0 fully saturated rings. The topological polar surface area (TPSA) is 47.6 Å². The molecule has 0 spiro atoms. The zero-order valence-corrected chi connectivity index (χ0v) is 13.7. The molecule has 0 aliphatic heterocycles. The molecule has 0 heterocycles. The second kappa shape index (κ2) is 8.03. The van der Waals surface area contributed by atoms with Crippen LogP contribution in [0.5, 0.6) is 5.75 Å². The molecule has 1 aromatic carbocycles. The summed E-state index contributed by atoms with van der Waals surface area (Å²) in [7, 11) is 0. The molecule has 1 unspecified atom stereocenters. The molecule has 4 nitrogen and oxygen atoms in total. The van der Waals surface area contributed by atoms with E-state index in [9.17, 15) is 4.79 Å². The maximum absolute atomic E-state index is 12.2. The lowest BCUT2D eigenvalue weighted by Crippen LogP contribution is -2.54. The summed E-state index contributed by atoms with van der Waals surface area (Å²) in [6.07, 6.45) is 0.554. The molecule has 0 aliphatic carbocycles. The summed E-state index contributed by atoms with van der Waals surface area (Å²) in [5.74, 6) is 0.595. The second-order valence-electron chi connectivity index (χ2n) is 5.77. The van der Waals surface area contributed by atoms with Crippen molar-refractivity contribution in [1.29, 1.82) is 0 Å². The molecule has 0 bridgehead atoms. The third-order valence-corrected chi connectivity index (χ3v) is 3.19. The van der Waals surface area contributed by atoms with E-state index in [1.165, 1.54) is 0 Å². The van der Waals surface area contributed by atoms with Crippen molar-refractivity contribution >= 4 is 5.97 Å². The SMILES string of the molecule is CCOC(=O)C(C)(CCOc1cccc(C)c1)NC(C)C. The lowest BCUT2D eigenvalue weighted by Gasteiger charge is -2.30. The highest BCUT2D eigenvalue weighted by atomic mass is 16.5. The van der Waals surface area contributed by atoms with Gasteiger partial charge >= 0.3 is 5.97 Å². The number of hydrogen-bond donors (Lipinski definition) is 1. The van der Waals surface area contributed by atoms with Crippen molar-refractivity contribution in [1.82, 2.24) is 5.32 Å². The molecule has 118 valence electrons. The lowest BCUT2D eigenvalue weighted by atomic mass is 9.97. The van der Waals surface area contributed by atoms with Gasteiger partial charge < -0.3 is 9.47 Å². The molecular weight excluding hydrogens is 266 g/mol. The van der Waals surface area contributed by atoms with Gasteiger partial charge in [-0.25, -0.2) is 0 Å². The Bertz CT molecular complexity index is 459. The van der Waals surface area contributed by atoms with E-state index >= 15 is 0 Å². The van der Waals surface area contributed by atoms with Gasteiger partial charge in [0.25, 0.3) is 0 Å². The van der Waals surface area contributed by atoms with Crippen LogP contribution in [0.2, 0.25) is 0 Å². The van der Waals surface area contributed by atoms with Crippen LogP contribution in [0.15, 0.2) is 24.3 Å². The number of ether oxygens (including phenoxy) is 2. The van der Waals surface area contributed by atoms with Crippen molar-refractivity contribution in [3.05, 3.63) is 29.8 Å². The Morgan fingerprint density at radius 2 is 2.10 bits per heavy atom. The lowest BCUT2D eigenvalue weighted by molar-refractivity contribution is -0.151. The monoisotopic (exact) mass is 293 g/mol. The van der Waals surface area contributed by atoms with Crippen LogP contribution in [-0.2, 0) is 9.53 Å². The minimum absolute atomic E-state index is 0.193. The van der Waals surface area contributed by atoms with Crippen LogP contribution in [-0.4, -0.2) is 30.8 Å². The molecule has 1 N–H and O–H groups in total. The van der Waals surface area contributed by atoms with Gasteiger partial charge in [-0.3, -0.25) is 10.1 Å². The number of aryl methyl sites for hydroxylation is 1. The first-order valence-corrected chi connectivity index (χ1v) is 7.52. The van der Waals surface area contributed by atoms with E-state index in [1.54, 1.807) is 0 Å². The van der Waals surface area contributed by atoms with Gasteiger partial charge in [0.1, 0.15) is 11.3 Å². The zero-order chi connectivity index (χ0) is 15.9. The number of esters is 1. The van der Waals surface area contributed by atoms with Crippen LogP contribution in [0.25, 0.3) is 0 Å². The molecule has 0 saturated heterocycles. The number of nitrogens with one attached hydrogen (secondary N) is 1. The van der Waals surface area contributed by atoms with Gasteiger partial charge in [0.15, 0.2) is 0 Å². The molecule has 0 aromatic heterocycles. The predicted octanol–water partition coefficient (Wildman–Crippen LogP) is 3.08. The Labute approximate surface area is 127 Å². The highest BCUT2D eigenvalue weighted by molar-refractivity contribution is 5.80. The summed E-state index contributed by atoms with van der Waals surface area (Å²) in [5.41, 5.74) is 0.425. The molecule has 0 aliphatic rings. The highest BCUT2D eigenvalue weighted by Crippen LogP contribution is 2.17. The molecule has 4 heteroatoms. The number of carbonyl (C=O) groups excluding carboxylic acids is 1. The fraction of sp³-hybridized carbons (Fsp3) is 0.588. The van der Waals surface area contributed by atoms with E-state index in [1.807, 2.05) is 58.9 Å². The first-order valence-electron chi connectivity index (χ1n) is 7.52. The van der Waals surface area contributed by atoms with Crippen molar-refractivity contribution in [3.8, 4) is 5.75 Å². The van der Waals surface area contributed by atoms with Crippen molar-refractivity contribution in [2.24, 2.45) is 0 Å². The largest absolute Gasteiger partial charge is 0.493 e. The van der Waals surface area contributed by atoms with Gasteiger partial charge in [0, 0.05) is 12.5 Å². The van der Waals surface area contributed by atoms with Gasteiger partial charge in [-0.1, -0.05) is 12.1 Å². The van der Waals surface area contributed by atoms with E-state index in [0.29, 0.717) is 19.6 Å². The standard InChI is InChI=1S/C17H27NO3/c1-6-20-16(19)17(5,18-13(2)3)10-11-21-15-9-7-8-14(4)12-15/h7-9,12-13,18H,6,10-11H2,1-5H3. The first-order chi connectivity index (χ1) is 9.87. The number of carbonyl (C=O) groups is 1.